The molecule has 3 nitrogen and oxygen atoms in total. The zero-order valence-electron chi connectivity index (χ0n) is 12.2. The van der Waals surface area contributed by atoms with Crippen LogP contribution in [0.1, 0.15) is 24.0 Å². The molecule has 0 aliphatic heterocycles. The standard InChI is InChI=1S/C18H16.CH2O3/c1-3-7-15-13(5-1)9-11-18-16-8-4-2-6-14(16)10-12-17(15)18;2-1(3)4/h1,3,5,7,9-12H,2,4,6,8H2;(H2,2,3,4). The first-order valence-electron chi connectivity index (χ1n) is 7.51. The average Bonchev–Trinajstić information content (AvgIpc) is 2.54. The Morgan fingerprint density at radius 3 is 2.27 bits per heavy atom. The van der Waals surface area contributed by atoms with Crippen molar-refractivity contribution < 1.29 is 15.0 Å². The maximum absolute atomic E-state index is 8.56. The molecule has 1 aliphatic rings. The van der Waals surface area contributed by atoms with E-state index in [0.717, 1.165) is 0 Å². The van der Waals surface area contributed by atoms with Crippen LogP contribution in [0.3, 0.4) is 0 Å². The first-order chi connectivity index (χ1) is 10.7. The van der Waals surface area contributed by atoms with Crippen molar-refractivity contribution in [2.24, 2.45) is 0 Å². The van der Waals surface area contributed by atoms with Gasteiger partial charge in [0.2, 0.25) is 0 Å². The lowest BCUT2D eigenvalue weighted by Gasteiger charge is -2.18. The number of hydrogen-bond acceptors (Lipinski definition) is 1. The van der Waals surface area contributed by atoms with Gasteiger partial charge in [-0.3, -0.25) is 0 Å². The predicted octanol–water partition coefficient (Wildman–Crippen LogP) is 5.09. The van der Waals surface area contributed by atoms with E-state index in [2.05, 4.69) is 48.5 Å². The molecule has 0 atom stereocenters. The average molecular weight is 294 g/mol. The smallest absolute Gasteiger partial charge is 0.450 e. The summed E-state index contributed by atoms with van der Waals surface area (Å²) in [5, 5.41) is 19.6. The minimum absolute atomic E-state index is 1.25. The highest BCUT2D eigenvalue weighted by atomic mass is 16.6. The lowest BCUT2D eigenvalue weighted by atomic mass is 9.86. The van der Waals surface area contributed by atoms with E-state index < -0.39 is 6.16 Å². The van der Waals surface area contributed by atoms with Crippen molar-refractivity contribution in [3.05, 3.63) is 59.7 Å². The van der Waals surface area contributed by atoms with Crippen molar-refractivity contribution in [2.45, 2.75) is 25.7 Å². The third kappa shape index (κ3) is 2.75. The summed E-state index contributed by atoms with van der Waals surface area (Å²) >= 11 is 0. The number of aryl methyl sites for hydroxylation is 2. The Kier molecular flexibility index (Phi) is 3.96. The zero-order chi connectivity index (χ0) is 15.5. The first-order valence-corrected chi connectivity index (χ1v) is 7.51. The molecule has 0 unspecified atom stereocenters. The van der Waals surface area contributed by atoms with Crippen LogP contribution in [0.15, 0.2) is 48.5 Å². The van der Waals surface area contributed by atoms with Gasteiger partial charge in [-0.25, -0.2) is 4.79 Å². The van der Waals surface area contributed by atoms with Gasteiger partial charge in [-0.1, -0.05) is 48.5 Å². The molecule has 0 saturated carbocycles. The highest BCUT2D eigenvalue weighted by molar-refractivity contribution is 6.08. The van der Waals surface area contributed by atoms with Crippen LogP contribution < -0.4 is 0 Å². The highest BCUT2D eigenvalue weighted by Gasteiger charge is 2.13. The predicted molar refractivity (Wildman–Crippen MR) is 88.7 cm³/mol. The molecule has 0 bridgehead atoms. The second kappa shape index (κ2) is 6.06. The molecule has 22 heavy (non-hydrogen) atoms. The van der Waals surface area contributed by atoms with E-state index in [9.17, 15) is 0 Å². The van der Waals surface area contributed by atoms with E-state index in [1.54, 1.807) is 11.1 Å². The summed E-state index contributed by atoms with van der Waals surface area (Å²) in [6.07, 6.45) is 3.38. The van der Waals surface area contributed by atoms with Crippen molar-refractivity contribution in [3.63, 3.8) is 0 Å². The van der Waals surface area contributed by atoms with Crippen molar-refractivity contribution in [1.82, 2.24) is 0 Å². The third-order valence-electron chi connectivity index (χ3n) is 4.26. The summed E-state index contributed by atoms with van der Waals surface area (Å²) < 4.78 is 0. The number of fused-ring (bicyclic) bond motifs is 5. The van der Waals surface area contributed by atoms with Gasteiger partial charge in [0.25, 0.3) is 0 Å². The summed E-state index contributed by atoms with van der Waals surface area (Å²) in [6, 6.07) is 18.0. The molecule has 0 amide bonds. The van der Waals surface area contributed by atoms with E-state index in [1.165, 1.54) is 47.2 Å². The van der Waals surface area contributed by atoms with Crippen molar-refractivity contribution in [2.75, 3.05) is 0 Å². The second-order valence-electron chi connectivity index (χ2n) is 5.57. The van der Waals surface area contributed by atoms with Crippen molar-refractivity contribution >= 4 is 27.7 Å². The van der Waals surface area contributed by atoms with E-state index in [4.69, 9.17) is 15.0 Å². The zero-order valence-corrected chi connectivity index (χ0v) is 12.2. The summed E-state index contributed by atoms with van der Waals surface area (Å²) in [4.78, 5) is 8.56. The van der Waals surface area contributed by atoms with Crippen molar-refractivity contribution in [3.8, 4) is 0 Å². The molecule has 2 N–H and O–H groups in total. The van der Waals surface area contributed by atoms with E-state index in [0.29, 0.717) is 0 Å². The Hall–Kier alpha value is -2.55. The van der Waals surface area contributed by atoms with Crippen LogP contribution in [-0.2, 0) is 12.8 Å². The Balaban J connectivity index is 0.000000325. The maximum atomic E-state index is 8.56. The fraction of sp³-hybridized carbons (Fsp3) is 0.211. The quantitative estimate of drug-likeness (QED) is 0.567. The topological polar surface area (TPSA) is 57.5 Å². The largest absolute Gasteiger partial charge is 0.503 e. The Morgan fingerprint density at radius 1 is 0.773 bits per heavy atom. The number of carbonyl (C=O) groups is 1. The molecule has 112 valence electrons. The second-order valence-corrected chi connectivity index (χ2v) is 5.57. The normalized spacial score (nSPS) is 13.3. The molecular formula is C19H18O3. The lowest BCUT2D eigenvalue weighted by Crippen LogP contribution is -2.02. The minimum Gasteiger partial charge on any atom is -0.450 e. The molecule has 0 heterocycles. The fourth-order valence-corrected chi connectivity index (χ4v) is 3.34. The van der Waals surface area contributed by atoms with Crippen LogP contribution in [0.2, 0.25) is 0 Å². The Labute approximate surface area is 128 Å². The van der Waals surface area contributed by atoms with E-state index in [-0.39, 0.29) is 0 Å². The van der Waals surface area contributed by atoms with Gasteiger partial charge >= 0.3 is 6.16 Å². The van der Waals surface area contributed by atoms with Gasteiger partial charge in [0.05, 0.1) is 0 Å². The molecular weight excluding hydrogens is 276 g/mol. The SMILES string of the molecule is O=C(O)O.c1ccc2c(c1)ccc1c3c(ccc12)CCCC3. The fourth-order valence-electron chi connectivity index (χ4n) is 3.34. The molecule has 1 aliphatic carbocycles. The summed E-state index contributed by atoms with van der Waals surface area (Å²) in [5.41, 5.74) is 3.17. The lowest BCUT2D eigenvalue weighted by molar-refractivity contribution is 0.137. The van der Waals surface area contributed by atoms with Gasteiger partial charge in [0.1, 0.15) is 0 Å². The van der Waals surface area contributed by atoms with Gasteiger partial charge in [0.15, 0.2) is 0 Å². The number of carboxylic acid groups (broad SMARTS) is 2. The number of benzene rings is 3. The molecule has 3 aromatic carbocycles. The number of hydrogen-bond donors (Lipinski definition) is 2. The van der Waals surface area contributed by atoms with Crippen LogP contribution >= 0.6 is 0 Å². The molecule has 0 fully saturated rings. The molecule has 0 radical (unpaired) electrons. The van der Waals surface area contributed by atoms with Crippen LogP contribution in [0.4, 0.5) is 4.79 Å². The minimum atomic E-state index is -1.83. The van der Waals surface area contributed by atoms with Gasteiger partial charge in [0, 0.05) is 0 Å². The van der Waals surface area contributed by atoms with Crippen LogP contribution in [-0.4, -0.2) is 16.4 Å². The molecule has 4 rings (SSSR count). The van der Waals surface area contributed by atoms with Crippen LogP contribution in [0.25, 0.3) is 21.5 Å². The van der Waals surface area contributed by atoms with Crippen molar-refractivity contribution in [1.29, 1.82) is 0 Å². The molecule has 0 aromatic heterocycles. The third-order valence-corrected chi connectivity index (χ3v) is 4.26. The van der Waals surface area contributed by atoms with Gasteiger partial charge in [-0.15, -0.1) is 0 Å². The molecule has 0 saturated heterocycles. The highest BCUT2D eigenvalue weighted by Crippen LogP contribution is 2.33. The van der Waals surface area contributed by atoms with Gasteiger partial charge < -0.3 is 10.2 Å². The van der Waals surface area contributed by atoms with Crippen LogP contribution in [0.5, 0.6) is 0 Å². The first kappa shape index (κ1) is 14.4. The molecule has 3 heteroatoms. The summed E-state index contributed by atoms with van der Waals surface area (Å²) in [6.45, 7) is 0. The van der Waals surface area contributed by atoms with E-state index >= 15 is 0 Å². The van der Waals surface area contributed by atoms with Crippen LogP contribution in [0, 0.1) is 0 Å². The molecule has 3 aromatic rings. The van der Waals surface area contributed by atoms with Gasteiger partial charge in [-0.05, 0) is 58.4 Å². The Morgan fingerprint density at radius 2 is 1.45 bits per heavy atom. The summed E-state index contributed by atoms with van der Waals surface area (Å²) in [7, 11) is 0. The maximum Gasteiger partial charge on any atom is 0.503 e. The van der Waals surface area contributed by atoms with Gasteiger partial charge in [-0.2, -0.15) is 0 Å². The Bertz CT molecular complexity index is 833. The van der Waals surface area contributed by atoms with E-state index in [1.807, 2.05) is 0 Å². The monoisotopic (exact) mass is 294 g/mol. The summed E-state index contributed by atoms with van der Waals surface area (Å²) in [5.74, 6) is 0. The number of rotatable bonds is 0. The molecule has 0 spiro atoms.